The molecule has 2 aliphatic heterocycles. The second-order valence-corrected chi connectivity index (χ2v) is 12.4. The third kappa shape index (κ3) is 6.09. The normalized spacial score (nSPS) is 23.7. The zero-order chi connectivity index (χ0) is 28.8. The SMILES string of the molecule is CC1CCN(C(=O)c2cc(C3CC3)c(OCC3(F)CCN([C@@H](C)c4cc(Cl)cc(Cl)c4)CC3)cc2F)[C@@H]1C(=O)O. The van der Waals surface area contributed by atoms with Crippen LogP contribution in [0.15, 0.2) is 30.3 Å². The van der Waals surface area contributed by atoms with E-state index in [2.05, 4.69) is 4.90 Å². The maximum absolute atomic E-state index is 15.8. The highest BCUT2D eigenvalue weighted by Gasteiger charge is 2.42. The van der Waals surface area contributed by atoms with E-state index >= 15 is 8.78 Å². The van der Waals surface area contributed by atoms with Gasteiger partial charge in [-0.1, -0.05) is 30.1 Å². The maximum Gasteiger partial charge on any atom is 0.326 e. The van der Waals surface area contributed by atoms with Crippen LogP contribution in [0.4, 0.5) is 8.78 Å². The van der Waals surface area contributed by atoms with Crippen LogP contribution in [-0.2, 0) is 4.79 Å². The van der Waals surface area contributed by atoms with E-state index < -0.39 is 29.4 Å². The number of benzene rings is 2. The molecule has 5 rings (SSSR count). The summed E-state index contributed by atoms with van der Waals surface area (Å²) in [7, 11) is 0. The lowest BCUT2D eigenvalue weighted by Crippen LogP contribution is -2.45. The van der Waals surface area contributed by atoms with Gasteiger partial charge in [-0.2, -0.15) is 0 Å². The molecule has 0 spiro atoms. The van der Waals surface area contributed by atoms with E-state index in [4.69, 9.17) is 27.9 Å². The van der Waals surface area contributed by atoms with Gasteiger partial charge in [0.05, 0.1) is 5.56 Å². The van der Waals surface area contributed by atoms with Gasteiger partial charge in [-0.05, 0) is 86.3 Å². The standard InChI is InChI=1S/C30H34Cl2F2N2O4/c1-17-5-8-36(27(17)29(38)39)28(37)24-14-23(19-3-4-19)26(15-25(24)33)40-16-30(34)6-9-35(10-7-30)18(2)20-11-21(31)13-22(32)12-20/h11-15,17-19,27H,3-10,16H2,1-2H3,(H,38,39)/t17?,18-,27-/m0/s1. The minimum Gasteiger partial charge on any atom is -0.490 e. The zero-order valence-electron chi connectivity index (χ0n) is 22.6. The van der Waals surface area contributed by atoms with E-state index in [1.807, 2.05) is 19.1 Å². The molecule has 2 aromatic carbocycles. The number of carbonyl (C=O) groups excluding carboxylic acids is 1. The summed E-state index contributed by atoms with van der Waals surface area (Å²) in [4.78, 5) is 28.4. The number of hydrogen-bond donors (Lipinski definition) is 1. The highest BCUT2D eigenvalue weighted by molar-refractivity contribution is 6.34. The fraction of sp³-hybridized carbons (Fsp3) is 0.533. The van der Waals surface area contributed by atoms with Crippen LogP contribution in [0, 0.1) is 11.7 Å². The third-order valence-electron chi connectivity index (χ3n) is 8.66. The zero-order valence-corrected chi connectivity index (χ0v) is 24.2. The van der Waals surface area contributed by atoms with Crippen molar-refractivity contribution in [3.63, 3.8) is 0 Å². The topological polar surface area (TPSA) is 70.1 Å². The number of nitrogens with zero attached hydrogens (tertiary/aromatic N) is 2. The number of carboxylic acids is 1. The Morgan fingerprint density at radius 2 is 1.73 bits per heavy atom. The highest BCUT2D eigenvalue weighted by Crippen LogP contribution is 2.46. The van der Waals surface area contributed by atoms with Crippen molar-refractivity contribution in [3.8, 4) is 5.75 Å². The second-order valence-electron chi connectivity index (χ2n) is 11.5. The number of likely N-dealkylation sites (tertiary alicyclic amines) is 2. The van der Waals surface area contributed by atoms with Gasteiger partial charge in [-0.3, -0.25) is 9.69 Å². The Kier molecular flexibility index (Phi) is 8.33. The van der Waals surface area contributed by atoms with E-state index in [-0.39, 0.29) is 55.2 Å². The van der Waals surface area contributed by atoms with Gasteiger partial charge in [0.1, 0.15) is 29.9 Å². The van der Waals surface area contributed by atoms with E-state index in [0.29, 0.717) is 35.1 Å². The number of carbonyl (C=O) groups is 2. The summed E-state index contributed by atoms with van der Waals surface area (Å²) < 4.78 is 37.0. The molecule has 2 heterocycles. The molecule has 1 saturated carbocycles. The van der Waals surface area contributed by atoms with Crippen LogP contribution in [0.3, 0.4) is 0 Å². The Bertz CT molecular complexity index is 1280. The minimum absolute atomic E-state index is 0.0154. The Morgan fingerprint density at radius 1 is 1.07 bits per heavy atom. The first-order valence-electron chi connectivity index (χ1n) is 13.8. The van der Waals surface area contributed by atoms with Crippen molar-refractivity contribution < 1.29 is 28.2 Å². The molecule has 3 aliphatic rings. The van der Waals surface area contributed by atoms with E-state index in [1.54, 1.807) is 13.0 Å². The van der Waals surface area contributed by atoms with Crippen molar-refractivity contribution in [2.45, 2.75) is 69.6 Å². The number of piperidine rings is 1. The Labute approximate surface area is 243 Å². The van der Waals surface area contributed by atoms with Gasteiger partial charge < -0.3 is 14.7 Å². The lowest BCUT2D eigenvalue weighted by molar-refractivity contribution is -0.142. The van der Waals surface area contributed by atoms with Crippen molar-refractivity contribution in [1.29, 1.82) is 0 Å². The Morgan fingerprint density at radius 3 is 2.33 bits per heavy atom. The molecule has 216 valence electrons. The molecule has 1 N–H and O–H groups in total. The fourth-order valence-corrected chi connectivity index (χ4v) is 6.51. The van der Waals surface area contributed by atoms with E-state index in [9.17, 15) is 14.7 Å². The highest BCUT2D eigenvalue weighted by atomic mass is 35.5. The van der Waals surface area contributed by atoms with E-state index in [1.165, 1.54) is 17.0 Å². The summed E-state index contributed by atoms with van der Waals surface area (Å²) in [5, 5.41) is 10.7. The Hall–Kier alpha value is -2.42. The van der Waals surface area contributed by atoms with Gasteiger partial charge in [0.25, 0.3) is 5.91 Å². The molecule has 0 aromatic heterocycles. The van der Waals surface area contributed by atoms with Gasteiger partial charge in [-0.25, -0.2) is 13.6 Å². The number of carboxylic acid groups (broad SMARTS) is 1. The number of ether oxygens (including phenoxy) is 1. The molecule has 0 radical (unpaired) electrons. The smallest absolute Gasteiger partial charge is 0.326 e. The summed E-state index contributed by atoms with van der Waals surface area (Å²) in [6, 6.07) is 7.10. The van der Waals surface area contributed by atoms with Crippen LogP contribution < -0.4 is 4.74 Å². The second kappa shape index (κ2) is 11.5. The van der Waals surface area contributed by atoms with Crippen LogP contribution in [0.5, 0.6) is 5.75 Å². The third-order valence-corrected chi connectivity index (χ3v) is 9.09. The van der Waals surface area contributed by atoms with Crippen LogP contribution in [0.25, 0.3) is 0 Å². The molecule has 1 aliphatic carbocycles. The van der Waals surface area contributed by atoms with Gasteiger partial charge in [0.2, 0.25) is 0 Å². The maximum atomic E-state index is 15.8. The number of hydrogen-bond acceptors (Lipinski definition) is 4. The van der Waals surface area contributed by atoms with Crippen LogP contribution in [0.1, 0.15) is 79.4 Å². The van der Waals surface area contributed by atoms with E-state index in [0.717, 1.165) is 18.4 Å². The molecule has 1 amide bonds. The molecule has 10 heteroatoms. The number of halogens is 4. The average molecular weight is 596 g/mol. The van der Waals surface area contributed by atoms with Crippen molar-refractivity contribution in [2.24, 2.45) is 5.92 Å². The predicted molar refractivity (Wildman–Crippen MR) is 150 cm³/mol. The summed E-state index contributed by atoms with van der Waals surface area (Å²) in [6.45, 7) is 4.90. The summed E-state index contributed by atoms with van der Waals surface area (Å²) in [6.07, 6.45) is 2.80. The summed E-state index contributed by atoms with van der Waals surface area (Å²) >= 11 is 12.3. The van der Waals surface area contributed by atoms with Crippen molar-refractivity contribution >= 4 is 35.1 Å². The molecule has 0 bridgehead atoms. The lowest BCUT2D eigenvalue weighted by Gasteiger charge is -2.39. The predicted octanol–water partition coefficient (Wildman–Crippen LogP) is 6.89. The quantitative estimate of drug-likeness (QED) is 0.360. The van der Waals surface area contributed by atoms with Gasteiger partial charge in [0.15, 0.2) is 0 Å². The largest absolute Gasteiger partial charge is 0.490 e. The minimum atomic E-state index is -1.58. The first kappa shape index (κ1) is 29.1. The molecule has 3 fully saturated rings. The Balaban J connectivity index is 1.26. The summed E-state index contributed by atoms with van der Waals surface area (Å²) in [5.41, 5.74) is -0.0873. The fourth-order valence-electron chi connectivity index (χ4n) is 5.97. The molecule has 2 aromatic rings. The van der Waals surface area contributed by atoms with Crippen LogP contribution >= 0.6 is 23.2 Å². The molecular weight excluding hydrogens is 561 g/mol. The van der Waals surface area contributed by atoms with Gasteiger partial charge >= 0.3 is 5.97 Å². The van der Waals surface area contributed by atoms with Crippen molar-refractivity contribution in [3.05, 3.63) is 62.9 Å². The lowest BCUT2D eigenvalue weighted by atomic mass is 9.92. The monoisotopic (exact) mass is 594 g/mol. The van der Waals surface area contributed by atoms with Crippen LogP contribution in [-0.4, -0.2) is 64.7 Å². The van der Waals surface area contributed by atoms with Crippen molar-refractivity contribution in [2.75, 3.05) is 26.2 Å². The number of aliphatic carboxylic acids is 1. The van der Waals surface area contributed by atoms with Crippen LogP contribution in [0.2, 0.25) is 10.0 Å². The van der Waals surface area contributed by atoms with Crippen molar-refractivity contribution in [1.82, 2.24) is 9.80 Å². The molecular formula is C30H34Cl2F2N2O4. The molecule has 3 atom stereocenters. The number of rotatable bonds is 8. The first-order valence-corrected chi connectivity index (χ1v) is 14.6. The molecule has 6 nitrogen and oxygen atoms in total. The van der Waals surface area contributed by atoms with Gasteiger partial charge in [-0.15, -0.1) is 0 Å². The average Bonchev–Trinajstić information content (AvgIpc) is 3.67. The summed E-state index contributed by atoms with van der Waals surface area (Å²) in [5.74, 6) is -2.36. The molecule has 2 saturated heterocycles. The van der Waals surface area contributed by atoms with Gasteiger partial charge in [0, 0.05) is 41.8 Å². The number of alkyl halides is 1. The molecule has 40 heavy (non-hydrogen) atoms. The first-order chi connectivity index (χ1) is 19.0. The number of amides is 1. The molecule has 1 unspecified atom stereocenters.